The number of anilines is 1. The van der Waals surface area contributed by atoms with Crippen molar-refractivity contribution in [2.75, 3.05) is 31.7 Å². The van der Waals surface area contributed by atoms with Crippen molar-refractivity contribution in [1.29, 1.82) is 0 Å². The minimum absolute atomic E-state index is 0.0748. The van der Waals surface area contributed by atoms with Crippen LogP contribution >= 0.6 is 0 Å². The average Bonchev–Trinajstić information content (AvgIpc) is 2.40. The standard InChI is InChI=1S/C16H30N4O/c1-13(2)12-20(7-8-21-6)15-11-17-9-14(19-15)10-18-16(3,4)5/h9,11,13,18H,7-8,10,12H2,1-6H3. The molecule has 0 aliphatic heterocycles. The van der Waals surface area contributed by atoms with Crippen LogP contribution < -0.4 is 10.2 Å². The molecule has 0 atom stereocenters. The highest BCUT2D eigenvalue weighted by atomic mass is 16.5. The molecule has 1 heterocycles. The lowest BCUT2D eigenvalue weighted by Gasteiger charge is -2.26. The second kappa shape index (κ2) is 8.29. The van der Waals surface area contributed by atoms with Gasteiger partial charge in [-0.05, 0) is 26.7 Å². The van der Waals surface area contributed by atoms with Crippen molar-refractivity contribution in [2.45, 2.75) is 46.7 Å². The molecule has 1 aromatic heterocycles. The van der Waals surface area contributed by atoms with Gasteiger partial charge in [-0.2, -0.15) is 0 Å². The van der Waals surface area contributed by atoms with Crippen LogP contribution in [0.15, 0.2) is 12.4 Å². The van der Waals surface area contributed by atoms with E-state index in [0.717, 1.165) is 31.1 Å². The van der Waals surface area contributed by atoms with Gasteiger partial charge in [-0.1, -0.05) is 13.8 Å². The molecule has 5 nitrogen and oxygen atoms in total. The Morgan fingerprint density at radius 2 is 2.00 bits per heavy atom. The summed E-state index contributed by atoms with van der Waals surface area (Å²) in [7, 11) is 1.73. The van der Waals surface area contributed by atoms with Crippen LogP contribution in [-0.2, 0) is 11.3 Å². The van der Waals surface area contributed by atoms with Crippen molar-refractivity contribution in [2.24, 2.45) is 5.92 Å². The predicted molar refractivity (Wildman–Crippen MR) is 87.6 cm³/mol. The molecule has 1 aromatic rings. The summed E-state index contributed by atoms with van der Waals surface area (Å²) < 4.78 is 5.20. The van der Waals surface area contributed by atoms with Gasteiger partial charge in [-0.25, -0.2) is 4.98 Å². The van der Waals surface area contributed by atoms with Gasteiger partial charge in [-0.3, -0.25) is 4.98 Å². The number of methoxy groups -OCH3 is 1. The zero-order valence-corrected chi connectivity index (χ0v) is 14.3. The first-order valence-electron chi connectivity index (χ1n) is 7.61. The van der Waals surface area contributed by atoms with E-state index in [2.05, 4.69) is 49.8 Å². The first kappa shape index (κ1) is 17.9. The summed E-state index contributed by atoms with van der Waals surface area (Å²) >= 11 is 0. The molecule has 0 aliphatic rings. The number of nitrogens with zero attached hydrogens (tertiary/aromatic N) is 3. The van der Waals surface area contributed by atoms with Gasteiger partial charge in [0.2, 0.25) is 0 Å². The van der Waals surface area contributed by atoms with Crippen LogP contribution in [0.25, 0.3) is 0 Å². The molecule has 0 bridgehead atoms. The summed E-state index contributed by atoms with van der Waals surface area (Å²) in [4.78, 5) is 11.3. The summed E-state index contributed by atoms with van der Waals surface area (Å²) in [5, 5.41) is 3.44. The molecule has 0 saturated heterocycles. The molecule has 0 unspecified atom stereocenters. The number of nitrogens with one attached hydrogen (secondary N) is 1. The number of hydrogen-bond donors (Lipinski definition) is 1. The third-order valence-electron chi connectivity index (χ3n) is 2.95. The van der Waals surface area contributed by atoms with E-state index in [4.69, 9.17) is 9.72 Å². The van der Waals surface area contributed by atoms with E-state index in [1.54, 1.807) is 7.11 Å². The summed E-state index contributed by atoms with van der Waals surface area (Å²) in [5.41, 5.74) is 1.04. The van der Waals surface area contributed by atoms with Gasteiger partial charge in [-0.15, -0.1) is 0 Å². The summed E-state index contributed by atoms with van der Waals surface area (Å²) in [6.07, 6.45) is 3.66. The highest BCUT2D eigenvalue weighted by Gasteiger charge is 2.13. The van der Waals surface area contributed by atoms with Crippen LogP contribution in [0.3, 0.4) is 0 Å². The third-order valence-corrected chi connectivity index (χ3v) is 2.95. The molecule has 0 radical (unpaired) electrons. The molecule has 0 spiro atoms. The molecule has 1 rings (SSSR count). The van der Waals surface area contributed by atoms with E-state index in [9.17, 15) is 0 Å². The molecule has 1 N–H and O–H groups in total. The number of hydrogen-bond acceptors (Lipinski definition) is 5. The highest BCUT2D eigenvalue weighted by Crippen LogP contribution is 2.12. The van der Waals surface area contributed by atoms with Crippen LogP contribution in [0.1, 0.15) is 40.3 Å². The van der Waals surface area contributed by atoms with Crippen molar-refractivity contribution in [3.05, 3.63) is 18.1 Å². The van der Waals surface area contributed by atoms with E-state index in [-0.39, 0.29) is 5.54 Å². The molecule has 5 heteroatoms. The number of ether oxygens (including phenoxy) is 1. The van der Waals surface area contributed by atoms with Crippen molar-refractivity contribution < 1.29 is 4.74 Å². The van der Waals surface area contributed by atoms with Crippen LogP contribution in [0.5, 0.6) is 0 Å². The van der Waals surface area contributed by atoms with Gasteiger partial charge in [0.25, 0.3) is 0 Å². The summed E-state index contributed by atoms with van der Waals surface area (Å²) in [5.74, 6) is 1.49. The first-order valence-corrected chi connectivity index (χ1v) is 7.61. The lowest BCUT2D eigenvalue weighted by Crippen LogP contribution is -2.36. The van der Waals surface area contributed by atoms with E-state index in [1.807, 2.05) is 12.4 Å². The minimum Gasteiger partial charge on any atom is -0.383 e. The van der Waals surface area contributed by atoms with Crippen molar-refractivity contribution in [1.82, 2.24) is 15.3 Å². The molecule has 21 heavy (non-hydrogen) atoms. The van der Waals surface area contributed by atoms with Gasteiger partial charge in [0.05, 0.1) is 18.5 Å². The molecule has 0 fully saturated rings. The van der Waals surface area contributed by atoms with Gasteiger partial charge < -0.3 is 15.0 Å². The Hall–Kier alpha value is -1.20. The summed E-state index contributed by atoms with van der Waals surface area (Å²) in [6, 6.07) is 0. The third kappa shape index (κ3) is 7.39. The maximum atomic E-state index is 5.20. The molecular formula is C16H30N4O. The second-order valence-corrected chi connectivity index (χ2v) is 6.80. The van der Waals surface area contributed by atoms with Crippen molar-refractivity contribution in [3.8, 4) is 0 Å². The fraction of sp³-hybridized carbons (Fsp3) is 0.750. The van der Waals surface area contributed by atoms with E-state index < -0.39 is 0 Å². The van der Waals surface area contributed by atoms with Crippen LogP contribution in [0.2, 0.25) is 0 Å². The van der Waals surface area contributed by atoms with Crippen LogP contribution in [-0.4, -0.2) is 42.3 Å². The molecule has 120 valence electrons. The largest absolute Gasteiger partial charge is 0.383 e. The Morgan fingerprint density at radius 1 is 1.29 bits per heavy atom. The summed E-state index contributed by atoms with van der Waals surface area (Å²) in [6.45, 7) is 14.1. The molecule has 0 aromatic carbocycles. The highest BCUT2D eigenvalue weighted by molar-refractivity contribution is 5.36. The van der Waals surface area contributed by atoms with Crippen LogP contribution in [0, 0.1) is 5.92 Å². The van der Waals surface area contributed by atoms with Gasteiger partial charge in [0.1, 0.15) is 5.82 Å². The Balaban J connectivity index is 2.78. The minimum atomic E-state index is 0.0748. The Kier molecular flexibility index (Phi) is 7.05. The zero-order valence-electron chi connectivity index (χ0n) is 14.3. The Bertz CT molecular complexity index is 415. The van der Waals surface area contributed by atoms with E-state index >= 15 is 0 Å². The maximum Gasteiger partial charge on any atom is 0.147 e. The van der Waals surface area contributed by atoms with Gasteiger partial charge in [0.15, 0.2) is 0 Å². The van der Waals surface area contributed by atoms with E-state index in [1.165, 1.54) is 0 Å². The maximum absolute atomic E-state index is 5.20. The fourth-order valence-electron chi connectivity index (χ4n) is 1.93. The Labute approximate surface area is 129 Å². The van der Waals surface area contributed by atoms with Gasteiger partial charge in [0, 0.05) is 38.5 Å². The molecule has 0 saturated carbocycles. The molecule has 0 amide bonds. The van der Waals surface area contributed by atoms with Crippen LogP contribution in [0.4, 0.5) is 5.82 Å². The smallest absolute Gasteiger partial charge is 0.147 e. The first-order chi connectivity index (χ1) is 9.81. The van der Waals surface area contributed by atoms with Crippen molar-refractivity contribution in [3.63, 3.8) is 0 Å². The number of rotatable bonds is 8. The Morgan fingerprint density at radius 3 is 2.57 bits per heavy atom. The SMILES string of the molecule is COCCN(CC(C)C)c1cncc(CNC(C)(C)C)n1. The molecular weight excluding hydrogens is 264 g/mol. The second-order valence-electron chi connectivity index (χ2n) is 6.80. The monoisotopic (exact) mass is 294 g/mol. The predicted octanol–water partition coefficient (Wildman–Crippen LogP) is 2.47. The lowest BCUT2D eigenvalue weighted by molar-refractivity contribution is 0.204. The molecule has 0 aliphatic carbocycles. The lowest BCUT2D eigenvalue weighted by atomic mass is 10.1. The number of aromatic nitrogens is 2. The average molecular weight is 294 g/mol. The zero-order chi connectivity index (χ0) is 15.9. The van der Waals surface area contributed by atoms with E-state index in [0.29, 0.717) is 12.5 Å². The van der Waals surface area contributed by atoms with Crippen molar-refractivity contribution >= 4 is 5.82 Å². The fourth-order valence-corrected chi connectivity index (χ4v) is 1.93. The normalized spacial score (nSPS) is 12.0. The quantitative estimate of drug-likeness (QED) is 0.798. The van der Waals surface area contributed by atoms with Gasteiger partial charge >= 0.3 is 0 Å². The topological polar surface area (TPSA) is 50.3 Å².